The second-order valence-electron chi connectivity index (χ2n) is 6.52. The normalized spacial score (nSPS) is 28.3. The van der Waals surface area contributed by atoms with Crippen LogP contribution < -0.4 is 5.73 Å². The van der Waals surface area contributed by atoms with Crippen LogP contribution in [0, 0.1) is 11.8 Å². The summed E-state index contributed by atoms with van der Waals surface area (Å²) < 4.78 is 0. The van der Waals surface area contributed by atoms with Gasteiger partial charge in [-0.15, -0.1) is 0 Å². The first kappa shape index (κ1) is 15.8. The van der Waals surface area contributed by atoms with Gasteiger partial charge < -0.3 is 15.5 Å². The third-order valence-corrected chi connectivity index (χ3v) is 5.16. The fourth-order valence-electron chi connectivity index (χ4n) is 3.68. The van der Waals surface area contributed by atoms with Gasteiger partial charge in [0, 0.05) is 31.6 Å². The van der Waals surface area contributed by atoms with Gasteiger partial charge in [0.25, 0.3) is 0 Å². The molecule has 1 saturated carbocycles. The molecule has 20 heavy (non-hydrogen) atoms. The zero-order chi connectivity index (χ0) is 14.5. The van der Waals surface area contributed by atoms with E-state index in [0.29, 0.717) is 5.91 Å². The molecule has 1 aliphatic carbocycles. The van der Waals surface area contributed by atoms with Crippen molar-refractivity contribution in [2.75, 3.05) is 32.7 Å². The smallest absolute Gasteiger partial charge is 0.225 e. The fourth-order valence-corrected chi connectivity index (χ4v) is 3.68. The fraction of sp³-hybridized carbons (Fsp3) is 0.938. The van der Waals surface area contributed by atoms with Crippen LogP contribution in [0.2, 0.25) is 0 Å². The molecular weight excluding hydrogens is 250 g/mol. The lowest BCUT2D eigenvalue weighted by molar-refractivity contribution is -0.136. The molecule has 1 saturated heterocycles. The SMILES string of the molecule is CCN(CC)CC1CCN(C(=O)C2CCC(N)C2)CC1. The maximum atomic E-state index is 12.4. The van der Waals surface area contributed by atoms with E-state index in [1.54, 1.807) is 0 Å². The van der Waals surface area contributed by atoms with Crippen LogP contribution in [0.4, 0.5) is 0 Å². The van der Waals surface area contributed by atoms with E-state index in [2.05, 4.69) is 23.6 Å². The number of hydrogen-bond donors (Lipinski definition) is 1. The number of carbonyl (C=O) groups is 1. The second kappa shape index (κ2) is 7.41. The summed E-state index contributed by atoms with van der Waals surface area (Å²) in [5, 5.41) is 0. The van der Waals surface area contributed by atoms with Gasteiger partial charge in [0.2, 0.25) is 5.91 Å². The minimum absolute atomic E-state index is 0.212. The molecule has 0 aromatic rings. The van der Waals surface area contributed by atoms with Gasteiger partial charge >= 0.3 is 0 Å². The van der Waals surface area contributed by atoms with Crippen LogP contribution in [0.1, 0.15) is 46.0 Å². The molecule has 0 bridgehead atoms. The summed E-state index contributed by atoms with van der Waals surface area (Å²) in [7, 11) is 0. The molecule has 0 aromatic carbocycles. The summed E-state index contributed by atoms with van der Waals surface area (Å²) in [6.07, 6.45) is 5.26. The zero-order valence-electron chi connectivity index (χ0n) is 13.2. The highest BCUT2D eigenvalue weighted by molar-refractivity contribution is 5.79. The summed E-state index contributed by atoms with van der Waals surface area (Å²) in [5.41, 5.74) is 5.92. The number of amides is 1. The van der Waals surface area contributed by atoms with E-state index in [-0.39, 0.29) is 12.0 Å². The molecule has 1 heterocycles. The maximum Gasteiger partial charge on any atom is 0.225 e. The van der Waals surface area contributed by atoms with Crippen LogP contribution in [0.5, 0.6) is 0 Å². The summed E-state index contributed by atoms with van der Waals surface area (Å²) >= 11 is 0. The van der Waals surface area contributed by atoms with Crippen molar-refractivity contribution < 1.29 is 4.79 Å². The maximum absolute atomic E-state index is 12.4. The van der Waals surface area contributed by atoms with Gasteiger partial charge in [-0.05, 0) is 51.1 Å². The van der Waals surface area contributed by atoms with E-state index >= 15 is 0 Å². The number of likely N-dealkylation sites (tertiary alicyclic amines) is 1. The highest BCUT2D eigenvalue weighted by atomic mass is 16.2. The summed E-state index contributed by atoms with van der Waals surface area (Å²) in [5.74, 6) is 1.35. The lowest BCUT2D eigenvalue weighted by Crippen LogP contribution is -2.43. The summed E-state index contributed by atoms with van der Waals surface area (Å²) in [6, 6.07) is 0.254. The molecule has 1 amide bonds. The average Bonchev–Trinajstić information content (AvgIpc) is 2.91. The van der Waals surface area contributed by atoms with Crippen molar-refractivity contribution in [3.05, 3.63) is 0 Å². The van der Waals surface area contributed by atoms with Crippen LogP contribution in [0.25, 0.3) is 0 Å². The van der Waals surface area contributed by atoms with Crippen LogP contribution in [-0.4, -0.2) is 54.5 Å². The lowest BCUT2D eigenvalue weighted by Gasteiger charge is -2.35. The number of carbonyl (C=O) groups excluding carboxylic acids is 1. The first-order chi connectivity index (χ1) is 9.63. The average molecular weight is 281 g/mol. The molecule has 2 rings (SSSR count). The quantitative estimate of drug-likeness (QED) is 0.834. The first-order valence-electron chi connectivity index (χ1n) is 8.40. The largest absolute Gasteiger partial charge is 0.342 e. The standard InChI is InChI=1S/C16H31N3O/c1-3-18(4-2)12-13-7-9-19(10-8-13)16(20)14-5-6-15(17)11-14/h13-15H,3-12,17H2,1-2H3. The van der Waals surface area contributed by atoms with Gasteiger partial charge in [0.1, 0.15) is 0 Å². The van der Waals surface area contributed by atoms with Crippen LogP contribution in [-0.2, 0) is 4.79 Å². The first-order valence-corrected chi connectivity index (χ1v) is 8.40. The molecule has 2 aliphatic rings. The van der Waals surface area contributed by atoms with Crippen molar-refractivity contribution in [3.8, 4) is 0 Å². The number of nitrogens with two attached hydrogens (primary N) is 1. The number of piperidine rings is 1. The Balaban J connectivity index is 1.75. The molecule has 0 radical (unpaired) electrons. The van der Waals surface area contributed by atoms with Crippen LogP contribution in [0.15, 0.2) is 0 Å². The van der Waals surface area contributed by atoms with Crippen LogP contribution >= 0.6 is 0 Å². The Kier molecular flexibility index (Phi) is 5.85. The Bertz CT molecular complexity index is 309. The van der Waals surface area contributed by atoms with Gasteiger partial charge in [0.15, 0.2) is 0 Å². The Morgan fingerprint density at radius 3 is 2.30 bits per heavy atom. The van der Waals surface area contributed by atoms with Crippen molar-refractivity contribution in [2.45, 2.75) is 52.0 Å². The van der Waals surface area contributed by atoms with E-state index in [4.69, 9.17) is 5.73 Å². The molecule has 4 heteroatoms. The van der Waals surface area contributed by atoms with Gasteiger partial charge in [-0.1, -0.05) is 13.8 Å². The monoisotopic (exact) mass is 281 g/mol. The summed E-state index contributed by atoms with van der Waals surface area (Å²) in [6.45, 7) is 9.83. The minimum atomic E-state index is 0.212. The Labute approximate surface area is 123 Å². The van der Waals surface area contributed by atoms with Crippen molar-refractivity contribution in [2.24, 2.45) is 17.6 Å². The molecule has 2 N–H and O–H groups in total. The van der Waals surface area contributed by atoms with Crippen molar-refractivity contribution >= 4 is 5.91 Å². The van der Waals surface area contributed by atoms with Gasteiger partial charge in [-0.25, -0.2) is 0 Å². The molecule has 4 nitrogen and oxygen atoms in total. The minimum Gasteiger partial charge on any atom is -0.342 e. The van der Waals surface area contributed by atoms with E-state index in [1.165, 1.54) is 19.4 Å². The van der Waals surface area contributed by atoms with E-state index < -0.39 is 0 Å². The topological polar surface area (TPSA) is 49.6 Å². The zero-order valence-corrected chi connectivity index (χ0v) is 13.2. The molecule has 0 aromatic heterocycles. The Morgan fingerprint density at radius 2 is 1.80 bits per heavy atom. The van der Waals surface area contributed by atoms with Crippen molar-refractivity contribution in [1.29, 1.82) is 0 Å². The van der Waals surface area contributed by atoms with Gasteiger partial charge in [-0.3, -0.25) is 4.79 Å². The number of rotatable bonds is 5. The highest BCUT2D eigenvalue weighted by Gasteiger charge is 2.32. The van der Waals surface area contributed by atoms with E-state index in [9.17, 15) is 4.79 Å². The van der Waals surface area contributed by atoms with E-state index in [1.807, 2.05) is 0 Å². The van der Waals surface area contributed by atoms with Crippen LogP contribution in [0.3, 0.4) is 0 Å². The number of nitrogens with zero attached hydrogens (tertiary/aromatic N) is 2. The predicted molar refractivity (Wildman–Crippen MR) is 82.4 cm³/mol. The Hall–Kier alpha value is -0.610. The number of hydrogen-bond acceptors (Lipinski definition) is 3. The molecule has 2 fully saturated rings. The molecule has 0 spiro atoms. The van der Waals surface area contributed by atoms with Crippen molar-refractivity contribution in [1.82, 2.24) is 9.80 Å². The third kappa shape index (κ3) is 3.95. The lowest BCUT2D eigenvalue weighted by atomic mass is 9.94. The van der Waals surface area contributed by atoms with Gasteiger partial charge in [-0.2, -0.15) is 0 Å². The van der Waals surface area contributed by atoms with E-state index in [0.717, 1.165) is 51.4 Å². The summed E-state index contributed by atoms with van der Waals surface area (Å²) in [4.78, 5) is 17.0. The van der Waals surface area contributed by atoms with Crippen molar-refractivity contribution in [3.63, 3.8) is 0 Å². The predicted octanol–water partition coefficient (Wildman–Crippen LogP) is 1.69. The molecular formula is C16H31N3O. The second-order valence-corrected chi connectivity index (χ2v) is 6.52. The van der Waals surface area contributed by atoms with Gasteiger partial charge in [0.05, 0.1) is 0 Å². The molecule has 2 atom stereocenters. The highest BCUT2D eigenvalue weighted by Crippen LogP contribution is 2.28. The third-order valence-electron chi connectivity index (χ3n) is 5.16. The molecule has 116 valence electrons. The Morgan fingerprint density at radius 1 is 1.15 bits per heavy atom. The molecule has 2 unspecified atom stereocenters. The molecule has 1 aliphatic heterocycles.